The molecule has 1 amide bonds. The fourth-order valence-corrected chi connectivity index (χ4v) is 5.17. The number of carbonyl (C=O) groups excluding carboxylic acids is 1. The van der Waals surface area contributed by atoms with Crippen LogP contribution in [0.1, 0.15) is 34.3 Å². The van der Waals surface area contributed by atoms with Crippen LogP contribution in [0.3, 0.4) is 0 Å². The summed E-state index contributed by atoms with van der Waals surface area (Å²) in [6, 6.07) is 30.7. The van der Waals surface area contributed by atoms with Crippen molar-refractivity contribution in [2.75, 3.05) is 25.0 Å². The van der Waals surface area contributed by atoms with Crippen LogP contribution in [0.4, 0.5) is 5.82 Å². The molecule has 3 aromatic carbocycles. The first kappa shape index (κ1) is 24.1. The summed E-state index contributed by atoms with van der Waals surface area (Å²) in [5, 5.41) is 0.739. The molecule has 0 N–H and O–H groups in total. The third-order valence-corrected chi connectivity index (χ3v) is 7.30. The van der Waals surface area contributed by atoms with E-state index in [2.05, 4.69) is 54.4 Å². The smallest absolute Gasteiger partial charge is 0.253 e. The van der Waals surface area contributed by atoms with E-state index in [0.29, 0.717) is 0 Å². The quantitative estimate of drug-likeness (QED) is 0.212. The van der Waals surface area contributed by atoms with Crippen molar-refractivity contribution in [1.29, 1.82) is 0 Å². The zero-order valence-corrected chi connectivity index (χ0v) is 21.3. The average molecular weight is 495 g/mol. The first-order valence-corrected chi connectivity index (χ1v) is 13.3. The second-order valence-electron chi connectivity index (χ2n) is 9.09. The van der Waals surface area contributed by atoms with Crippen LogP contribution in [0, 0.1) is 0 Å². The monoisotopic (exact) mass is 494 g/mol. The van der Waals surface area contributed by atoms with Gasteiger partial charge in [-0.1, -0.05) is 84.6 Å². The predicted molar refractivity (Wildman–Crippen MR) is 147 cm³/mol. The van der Waals surface area contributed by atoms with Crippen LogP contribution in [-0.4, -0.2) is 40.9 Å². The topological polar surface area (TPSA) is 49.3 Å². The molecule has 0 atom stereocenters. The number of rotatable bonds is 8. The first-order chi connectivity index (χ1) is 17.7. The Hall–Kier alpha value is -3.64. The molecule has 1 aliphatic heterocycles. The van der Waals surface area contributed by atoms with E-state index in [1.165, 1.54) is 5.56 Å². The molecule has 1 fully saturated rings. The Kier molecular flexibility index (Phi) is 7.62. The van der Waals surface area contributed by atoms with Gasteiger partial charge in [-0.25, -0.2) is 9.97 Å². The normalized spacial score (nSPS) is 13.1. The van der Waals surface area contributed by atoms with E-state index in [-0.39, 0.29) is 5.91 Å². The lowest BCUT2D eigenvalue weighted by Gasteiger charge is -2.20. The van der Waals surface area contributed by atoms with E-state index < -0.39 is 0 Å². The number of benzene rings is 3. The van der Waals surface area contributed by atoms with Crippen LogP contribution in [0.5, 0.6) is 0 Å². The zero-order chi connectivity index (χ0) is 24.7. The van der Waals surface area contributed by atoms with Crippen LogP contribution in [0.15, 0.2) is 96.2 Å². The second-order valence-corrected chi connectivity index (χ2v) is 10.0. The summed E-state index contributed by atoms with van der Waals surface area (Å²) in [6.07, 6.45) is 2.20. The fraction of sp³-hybridized carbons (Fsp3) is 0.233. The van der Waals surface area contributed by atoms with Gasteiger partial charge in [-0.2, -0.15) is 0 Å². The third-order valence-electron chi connectivity index (χ3n) is 6.38. The summed E-state index contributed by atoms with van der Waals surface area (Å²) >= 11 is 1.62. The minimum Gasteiger partial charge on any atom is -0.355 e. The molecule has 0 aliphatic carbocycles. The van der Waals surface area contributed by atoms with E-state index in [0.717, 1.165) is 71.6 Å². The molecule has 182 valence electrons. The highest BCUT2D eigenvalue weighted by Crippen LogP contribution is 2.28. The minimum atomic E-state index is 0.136. The highest BCUT2D eigenvalue weighted by Gasteiger charge is 2.19. The van der Waals surface area contributed by atoms with E-state index >= 15 is 0 Å². The summed E-state index contributed by atoms with van der Waals surface area (Å²) in [4.78, 5) is 26.5. The van der Waals surface area contributed by atoms with Crippen molar-refractivity contribution in [2.45, 2.75) is 30.3 Å². The number of hydrogen-bond acceptors (Lipinski definition) is 5. The van der Waals surface area contributed by atoms with E-state index in [9.17, 15) is 4.79 Å². The SMILES string of the molecule is CN(Cc1ccccc1)c1cc(-c2ccccc2)nc(SCc2ccc(C(=O)N3CCCC3)cc2)n1. The number of aromatic nitrogens is 2. The largest absolute Gasteiger partial charge is 0.355 e. The highest BCUT2D eigenvalue weighted by atomic mass is 32.2. The molecule has 0 unspecified atom stereocenters. The summed E-state index contributed by atoms with van der Waals surface area (Å²) in [5.41, 5.74) is 5.12. The summed E-state index contributed by atoms with van der Waals surface area (Å²) in [5.74, 6) is 1.76. The van der Waals surface area contributed by atoms with Gasteiger partial charge in [0, 0.05) is 49.6 Å². The van der Waals surface area contributed by atoms with Gasteiger partial charge in [0.05, 0.1) is 5.69 Å². The lowest BCUT2D eigenvalue weighted by molar-refractivity contribution is 0.0793. The molecular weight excluding hydrogens is 464 g/mol. The van der Waals surface area contributed by atoms with Gasteiger partial charge in [-0.3, -0.25) is 4.79 Å². The molecule has 1 aliphatic rings. The maximum absolute atomic E-state index is 12.6. The number of anilines is 1. The number of hydrogen-bond donors (Lipinski definition) is 0. The van der Waals surface area contributed by atoms with Gasteiger partial charge in [-0.15, -0.1) is 0 Å². The van der Waals surface area contributed by atoms with Crippen molar-refractivity contribution in [3.63, 3.8) is 0 Å². The Morgan fingerprint density at radius 2 is 1.53 bits per heavy atom. The average Bonchev–Trinajstić information content (AvgIpc) is 3.48. The van der Waals surface area contributed by atoms with Crippen LogP contribution in [0.25, 0.3) is 11.3 Å². The van der Waals surface area contributed by atoms with Crippen LogP contribution < -0.4 is 4.90 Å². The molecule has 4 aromatic rings. The van der Waals surface area contributed by atoms with Crippen molar-refractivity contribution in [1.82, 2.24) is 14.9 Å². The van der Waals surface area contributed by atoms with Gasteiger partial charge >= 0.3 is 0 Å². The van der Waals surface area contributed by atoms with Gasteiger partial charge in [0.1, 0.15) is 5.82 Å². The minimum absolute atomic E-state index is 0.136. The van der Waals surface area contributed by atoms with Gasteiger partial charge in [0.25, 0.3) is 5.91 Å². The number of likely N-dealkylation sites (tertiary alicyclic amines) is 1. The Balaban J connectivity index is 1.33. The van der Waals surface area contributed by atoms with Gasteiger partial charge < -0.3 is 9.80 Å². The van der Waals surface area contributed by atoms with Crippen molar-refractivity contribution >= 4 is 23.5 Å². The molecule has 2 heterocycles. The second kappa shape index (κ2) is 11.4. The molecule has 0 spiro atoms. The van der Waals surface area contributed by atoms with Crippen molar-refractivity contribution in [3.8, 4) is 11.3 Å². The van der Waals surface area contributed by atoms with E-state index in [4.69, 9.17) is 9.97 Å². The Morgan fingerprint density at radius 3 is 2.22 bits per heavy atom. The maximum atomic E-state index is 12.6. The predicted octanol–water partition coefficient (Wildman–Crippen LogP) is 6.31. The molecule has 0 saturated carbocycles. The Labute approximate surface area is 217 Å². The van der Waals surface area contributed by atoms with Gasteiger partial charge in [0.15, 0.2) is 5.16 Å². The van der Waals surface area contributed by atoms with Gasteiger partial charge in [-0.05, 0) is 36.1 Å². The molecule has 5 rings (SSSR count). The van der Waals surface area contributed by atoms with E-state index in [1.807, 2.05) is 53.4 Å². The van der Waals surface area contributed by atoms with Crippen molar-refractivity contribution < 1.29 is 4.79 Å². The standard InChI is InChI=1S/C30H30N4OS/c1-33(21-23-10-4-2-5-11-23)28-20-27(25-12-6-3-7-13-25)31-30(32-28)36-22-24-14-16-26(17-15-24)29(35)34-18-8-9-19-34/h2-7,10-17,20H,8-9,18-19,21-22H2,1H3. The Morgan fingerprint density at radius 1 is 0.861 bits per heavy atom. The van der Waals surface area contributed by atoms with E-state index in [1.54, 1.807) is 11.8 Å². The first-order valence-electron chi connectivity index (χ1n) is 12.4. The van der Waals surface area contributed by atoms with Crippen molar-refractivity contribution in [3.05, 3.63) is 108 Å². The molecular formula is C30H30N4OS. The van der Waals surface area contributed by atoms with Gasteiger partial charge in [0.2, 0.25) is 0 Å². The number of nitrogens with zero attached hydrogens (tertiary/aromatic N) is 4. The molecule has 0 radical (unpaired) electrons. The van der Waals surface area contributed by atoms with Crippen LogP contribution in [-0.2, 0) is 12.3 Å². The molecule has 1 saturated heterocycles. The molecule has 36 heavy (non-hydrogen) atoms. The van der Waals surface area contributed by atoms with Crippen LogP contribution >= 0.6 is 11.8 Å². The number of carbonyl (C=O) groups is 1. The number of amides is 1. The number of thioether (sulfide) groups is 1. The maximum Gasteiger partial charge on any atom is 0.253 e. The van der Waals surface area contributed by atoms with Crippen LogP contribution in [0.2, 0.25) is 0 Å². The summed E-state index contributed by atoms with van der Waals surface area (Å²) in [7, 11) is 2.06. The molecule has 5 nitrogen and oxygen atoms in total. The molecule has 0 bridgehead atoms. The lowest BCUT2D eigenvalue weighted by Crippen LogP contribution is -2.27. The molecule has 1 aromatic heterocycles. The lowest BCUT2D eigenvalue weighted by atomic mass is 10.1. The van der Waals surface area contributed by atoms with Crippen molar-refractivity contribution in [2.24, 2.45) is 0 Å². The summed E-state index contributed by atoms with van der Waals surface area (Å²) in [6.45, 7) is 2.50. The zero-order valence-electron chi connectivity index (χ0n) is 20.5. The summed E-state index contributed by atoms with van der Waals surface area (Å²) < 4.78 is 0. The Bertz CT molecular complexity index is 1290. The fourth-order valence-electron chi connectivity index (χ4n) is 4.36. The molecule has 6 heteroatoms. The highest BCUT2D eigenvalue weighted by molar-refractivity contribution is 7.98. The third kappa shape index (κ3) is 5.94.